The van der Waals surface area contributed by atoms with Crippen molar-refractivity contribution in [2.75, 3.05) is 30.0 Å². The molecule has 1 radical (unpaired) electrons. The predicted molar refractivity (Wildman–Crippen MR) is 209 cm³/mol. The number of hydrogen-bond acceptors (Lipinski definition) is 13. The molecule has 0 aliphatic carbocycles. The van der Waals surface area contributed by atoms with Gasteiger partial charge >= 0.3 is 12.0 Å². The van der Waals surface area contributed by atoms with Gasteiger partial charge in [-0.25, -0.2) is 9.89 Å². The van der Waals surface area contributed by atoms with Gasteiger partial charge in [0.05, 0.1) is 18.4 Å². The molecule has 0 fully saturated rings. The number of aromatic carboxylic acids is 1. The van der Waals surface area contributed by atoms with E-state index in [1.807, 2.05) is 68.4 Å². The second kappa shape index (κ2) is 19.3. The third-order valence-electron chi connectivity index (χ3n) is 8.38. The topological polar surface area (TPSA) is 190 Å². The van der Waals surface area contributed by atoms with Crippen LogP contribution in [0.2, 0.25) is 0 Å². The summed E-state index contributed by atoms with van der Waals surface area (Å²) in [5.41, 5.74) is 5.71. The van der Waals surface area contributed by atoms with Crippen molar-refractivity contribution in [2.24, 2.45) is 20.5 Å². The predicted octanol–water partition coefficient (Wildman–Crippen LogP) is 10.0. The van der Waals surface area contributed by atoms with Crippen molar-refractivity contribution in [1.29, 1.82) is 0 Å². The molecule has 0 atom stereocenters. The van der Waals surface area contributed by atoms with Gasteiger partial charge in [-0.3, -0.25) is 0 Å². The van der Waals surface area contributed by atoms with Crippen LogP contribution in [-0.2, 0) is 17.1 Å². The van der Waals surface area contributed by atoms with E-state index in [1.54, 1.807) is 31.4 Å². The monoisotopic (exact) mass is 795 g/mol. The summed E-state index contributed by atoms with van der Waals surface area (Å²) < 4.78 is 11.2. The molecule has 55 heavy (non-hydrogen) atoms. The summed E-state index contributed by atoms with van der Waals surface area (Å²) in [6.45, 7) is 13.9. The molecule has 2 heterocycles. The summed E-state index contributed by atoms with van der Waals surface area (Å²) in [4.78, 5) is 23.9. The summed E-state index contributed by atoms with van der Waals surface area (Å²) in [5.74, 6) is -0.211. The molecule has 0 bridgehead atoms. The minimum absolute atomic E-state index is 0. The molecule has 0 unspecified atom stereocenters. The zero-order valence-electron chi connectivity index (χ0n) is 31.6. The number of methoxy groups -OCH3 is 1. The van der Waals surface area contributed by atoms with Crippen LogP contribution in [0.5, 0.6) is 11.5 Å². The van der Waals surface area contributed by atoms with Crippen LogP contribution in [0.4, 0.5) is 34.7 Å². The molecule has 3 N–H and O–H groups in total. The summed E-state index contributed by atoms with van der Waals surface area (Å²) in [6, 6.07) is 24.9. The Kier molecular flexibility index (Phi) is 14.6. The minimum atomic E-state index is -1.05. The number of anilines is 2. The molecule has 0 amide bonds. The molecular formula is C39H44CuN10O5. The molecule has 4 aromatic carbocycles. The van der Waals surface area contributed by atoms with Gasteiger partial charge in [0.25, 0.3) is 5.95 Å². The van der Waals surface area contributed by atoms with Gasteiger partial charge in [0, 0.05) is 60.1 Å². The van der Waals surface area contributed by atoms with Gasteiger partial charge in [0.15, 0.2) is 5.58 Å². The van der Waals surface area contributed by atoms with Gasteiger partial charge in [-0.15, -0.1) is 15.3 Å². The van der Waals surface area contributed by atoms with Crippen molar-refractivity contribution in [2.45, 2.75) is 53.6 Å². The number of benzene rings is 4. The Hall–Kier alpha value is -6.12. The van der Waals surface area contributed by atoms with Crippen LogP contribution in [0.1, 0.15) is 51.9 Å². The Labute approximate surface area is 329 Å². The standard InChI is InChI=1S/C24H24N4O3.C15H20N6O2.Cu/c1-4-28(5-2)20-15-21(29)19(14-23(20)30-3)26-27-24-25-18-12-11-17(13-22(18)31-24)16-9-7-6-8-10-16;1-9(2)21(10(3)4)11-5-6-13(12(7-11)14(22)23)18-20-15-16-8-17-19-15;/h6-15,29H,4-5H2,1-3H3;5-10H,1-4H3,(H,22,23)(H,16,17,19);. The number of azo groups is 2. The fourth-order valence-corrected chi connectivity index (χ4v) is 5.95. The maximum atomic E-state index is 11.5. The molecule has 6 rings (SSSR count). The van der Waals surface area contributed by atoms with Crippen molar-refractivity contribution in [3.8, 4) is 22.6 Å². The fourth-order valence-electron chi connectivity index (χ4n) is 5.95. The van der Waals surface area contributed by atoms with Crippen LogP contribution >= 0.6 is 0 Å². The molecule has 6 aromatic rings. The molecule has 0 saturated carbocycles. The van der Waals surface area contributed by atoms with Crippen molar-refractivity contribution >= 4 is 51.8 Å². The number of carbonyl (C=O) groups is 1. The fraction of sp³-hybridized carbons (Fsp3) is 0.282. The van der Waals surface area contributed by atoms with Crippen molar-refractivity contribution in [1.82, 2.24) is 20.2 Å². The van der Waals surface area contributed by atoms with Gasteiger partial charge in [0.2, 0.25) is 0 Å². The zero-order chi connectivity index (χ0) is 38.8. The minimum Gasteiger partial charge on any atom is -0.506 e. The number of hydrogen-bond donors (Lipinski definition) is 3. The van der Waals surface area contributed by atoms with Crippen molar-refractivity contribution in [3.63, 3.8) is 0 Å². The summed E-state index contributed by atoms with van der Waals surface area (Å²) >= 11 is 0. The number of phenols is 1. The van der Waals surface area contributed by atoms with Crippen molar-refractivity contribution in [3.05, 3.63) is 90.8 Å². The van der Waals surface area contributed by atoms with Gasteiger partial charge < -0.3 is 29.2 Å². The third-order valence-corrected chi connectivity index (χ3v) is 8.38. The van der Waals surface area contributed by atoms with E-state index in [-0.39, 0.29) is 63.8 Å². The number of oxazole rings is 1. The second-order valence-electron chi connectivity index (χ2n) is 12.5. The average molecular weight is 796 g/mol. The first-order chi connectivity index (χ1) is 26.0. The van der Waals surface area contributed by atoms with Gasteiger partial charge in [-0.1, -0.05) is 41.5 Å². The average Bonchev–Trinajstić information content (AvgIpc) is 3.84. The van der Waals surface area contributed by atoms with E-state index in [2.05, 4.69) is 78.1 Å². The number of aromatic hydroxyl groups is 1. The normalized spacial score (nSPS) is 11.2. The maximum Gasteiger partial charge on any atom is 0.341 e. The van der Waals surface area contributed by atoms with E-state index < -0.39 is 5.97 Å². The molecule has 0 aliphatic heterocycles. The van der Waals surface area contributed by atoms with Gasteiger partial charge in [0.1, 0.15) is 34.7 Å². The second-order valence-corrected chi connectivity index (χ2v) is 12.5. The first-order valence-electron chi connectivity index (χ1n) is 17.5. The molecule has 2 aromatic heterocycles. The van der Waals surface area contributed by atoms with Crippen LogP contribution in [-0.4, -0.2) is 68.6 Å². The van der Waals surface area contributed by atoms with Crippen LogP contribution in [0, 0.1) is 0 Å². The number of carboxylic acid groups (broad SMARTS) is 1. The Balaban J connectivity index is 0.000000251. The Morgan fingerprint density at radius 3 is 2.20 bits per heavy atom. The number of phenolic OH excluding ortho intramolecular Hbond substituents is 1. The van der Waals surface area contributed by atoms with E-state index in [0.717, 1.165) is 35.6 Å². The smallest absolute Gasteiger partial charge is 0.341 e. The molecule has 0 aliphatic rings. The molecular weight excluding hydrogens is 752 g/mol. The molecule has 0 spiro atoms. The number of rotatable bonds is 13. The number of carboxylic acids is 1. The van der Waals surface area contributed by atoms with E-state index in [0.29, 0.717) is 16.8 Å². The zero-order valence-corrected chi connectivity index (χ0v) is 32.5. The molecule has 291 valence electrons. The molecule has 0 saturated heterocycles. The Morgan fingerprint density at radius 2 is 1.58 bits per heavy atom. The number of aromatic nitrogens is 4. The number of nitrogens with zero attached hydrogens (tertiary/aromatic N) is 9. The number of nitrogens with one attached hydrogen (secondary N) is 1. The van der Waals surface area contributed by atoms with Gasteiger partial charge in [-0.2, -0.15) is 15.1 Å². The largest absolute Gasteiger partial charge is 0.506 e. The first kappa shape index (κ1) is 41.6. The number of ether oxygens (including phenoxy) is 1. The quantitative estimate of drug-likeness (QED) is 0.0749. The van der Waals surface area contributed by atoms with Crippen molar-refractivity contribution < 1.29 is 41.2 Å². The van der Waals surface area contributed by atoms with Gasteiger partial charge in [-0.05, 0) is 83.0 Å². The van der Waals surface area contributed by atoms with Crippen LogP contribution in [0.25, 0.3) is 22.2 Å². The SMILES string of the molecule is CC(C)N(c1ccc(N=Nc2ncn[nH]2)c(C(=O)O)c1)C(C)C.CCN(CC)c1cc(O)c(N=Nc2nc3ccc(-c4ccccc4)cc3o2)cc1OC.[Cu]. The summed E-state index contributed by atoms with van der Waals surface area (Å²) in [7, 11) is 1.59. The summed E-state index contributed by atoms with van der Waals surface area (Å²) in [6.07, 6.45) is 1.30. The van der Waals surface area contributed by atoms with E-state index in [4.69, 9.17) is 9.15 Å². The molecule has 15 nitrogen and oxygen atoms in total. The third kappa shape index (κ3) is 10.3. The van der Waals surface area contributed by atoms with Crippen LogP contribution in [0.15, 0.2) is 110 Å². The first-order valence-corrected chi connectivity index (χ1v) is 17.5. The van der Waals surface area contributed by atoms with E-state index in [9.17, 15) is 15.0 Å². The van der Waals surface area contributed by atoms with E-state index >= 15 is 0 Å². The van der Waals surface area contributed by atoms with Crippen LogP contribution in [0.3, 0.4) is 0 Å². The van der Waals surface area contributed by atoms with E-state index in [1.165, 1.54) is 6.33 Å². The van der Waals surface area contributed by atoms with Crippen LogP contribution < -0.4 is 14.5 Å². The Bertz CT molecular complexity index is 2210. The number of aromatic amines is 1. The Morgan fingerprint density at radius 1 is 0.873 bits per heavy atom. The summed E-state index contributed by atoms with van der Waals surface area (Å²) in [5, 5.41) is 42.1. The number of fused-ring (bicyclic) bond motifs is 1. The number of H-pyrrole nitrogens is 1. The molecule has 16 heteroatoms. The maximum absolute atomic E-state index is 11.5.